The fourth-order valence-electron chi connectivity index (χ4n) is 2.77. The molecule has 1 amide bonds. The molecule has 3 aromatic carbocycles. The Labute approximate surface area is 164 Å². The Morgan fingerprint density at radius 1 is 1.00 bits per heavy atom. The van der Waals surface area contributed by atoms with Crippen molar-refractivity contribution in [3.8, 4) is 5.75 Å². The molecule has 6 nitrogen and oxygen atoms in total. The van der Waals surface area contributed by atoms with Crippen molar-refractivity contribution < 1.29 is 14.8 Å². The number of quaternary nitrogens is 1. The average Bonchev–Trinajstić information content (AvgIpc) is 2.74. The summed E-state index contributed by atoms with van der Waals surface area (Å²) in [5.41, 5.74) is 7.84. The molecule has 0 spiro atoms. The quantitative estimate of drug-likeness (QED) is 0.323. The molecule has 144 valence electrons. The van der Waals surface area contributed by atoms with E-state index in [1.165, 1.54) is 0 Å². The second kappa shape index (κ2) is 8.56. The minimum Gasteiger partial charge on any atom is -0.395 e. The Morgan fingerprint density at radius 3 is 2.07 bits per heavy atom. The van der Waals surface area contributed by atoms with Gasteiger partial charge in [-0.3, -0.25) is 9.63 Å². The Bertz CT molecular complexity index is 891. The van der Waals surface area contributed by atoms with Gasteiger partial charge in [-0.15, -0.1) is 0 Å². The number of hydrogen-bond donors (Lipinski definition) is 3. The summed E-state index contributed by atoms with van der Waals surface area (Å²) < 4.78 is 0. The number of nitrogens with one attached hydrogen (secondary N) is 1. The number of carbonyl (C=O) groups is 1. The van der Waals surface area contributed by atoms with E-state index in [-0.39, 0.29) is 17.3 Å². The summed E-state index contributed by atoms with van der Waals surface area (Å²) in [5, 5.41) is 14.2. The number of nitrogens with two attached hydrogens (primary N) is 1. The molecule has 0 aliphatic rings. The molecule has 0 fully saturated rings. The molecule has 28 heavy (non-hydrogen) atoms. The van der Waals surface area contributed by atoms with Crippen molar-refractivity contribution in [2.24, 2.45) is 0 Å². The SMILES string of the molecule is CCCNC(=O)c1ccc(O[N+](O)(c2ccccc2)c2ccccc2)c(N)c1. The first-order valence-corrected chi connectivity index (χ1v) is 9.15. The maximum absolute atomic E-state index is 12.1. The zero-order valence-electron chi connectivity index (χ0n) is 15.7. The van der Waals surface area contributed by atoms with Crippen LogP contribution in [0.4, 0.5) is 17.1 Å². The highest BCUT2D eigenvalue weighted by Crippen LogP contribution is 2.35. The summed E-state index contributed by atoms with van der Waals surface area (Å²) in [7, 11) is 0. The predicted octanol–water partition coefficient (Wildman–Crippen LogP) is 4.43. The summed E-state index contributed by atoms with van der Waals surface area (Å²) in [4.78, 5) is 17.2. The van der Waals surface area contributed by atoms with Gasteiger partial charge in [-0.2, -0.15) is 5.21 Å². The minimum absolute atomic E-state index is 0.198. The molecule has 0 atom stereocenters. The average molecular weight is 378 g/mol. The Morgan fingerprint density at radius 2 is 1.57 bits per heavy atom. The molecule has 0 aliphatic carbocycles. The Hall–Kier alpha value is -3.35. The molecular weight excluding hydrogens is 354 g/mol. The molecule has 0 aliphatic heterocycles. The highest BCUT2D eigenvalue weighted by Gasteiger charge is 2.36. The lowest BCUT2D eigenvalue weighted by atomic mass is 10.1. The van der Waals surface area contributed by atoms with Gasteiger partial charge in [0.25, 0.3) is 5.91 Å². The number of carbonyl (C=O) groups excluding carboxylic acids is 1. The van der Waals surface area contributed by atoms with Crippen LogP contribution in [0.5, 0.6) is 5.75 Å². The molecule has 3 rings (SSSR count). The van der Waals surface area contributed by atoms with Crippen LogP contribution in [0.1, 0.15) is 23.7 Å². The number of para-hydroxylation sites is 2. The summed E-state index contributed by atoms with van der Waals surface area (Å²) in [6.07, 6.45) is 0.848. The van der Waals surface area contributed by atoms with Gasteiger partial charge in [-0.25, -0.2) is 0 Å². The summed E-state index contributed by atoms with van der Waals surface area (Å²) in [6.45, 7) is 2.58. The molecule has 0 radical (unpaired) electrons. The molecule has 0 saturated heterocycles. The first kappa shape index (κ1) is 19.4. The van der Waals surface area contributed by atoms with Crippen LogP contribution in [-0.2, 0) is 0 Å². The van der Waals surface area contributed by atoms with Crippen molar-refractivity contribution in [2.75, 3.05) is 12.3 Å². The van der Waals surface area contributed by atoms with Crippen molar-refractivity contribution in [3.63, 3.8) is 0 Å². The van der Waals surface area contributed by atoms with Crippen LogP contribution < -0.4 is 20.7 Å². The maximum atomic E-state index is 12.1. The predicted molar refractivity (Wildman–Crippen MR) is 110 cm³/mol. The topological polar surface area (TPSA) is 84.6 Å². The molecule has 0 bridgehead atoms. The molecule has 6 heteroatoms. The lowest BCUT2D eigenvalue weighted by Crippen LogP contribution is -2.44. The molecule has 3 aromatic rings. The van der Waals surface area contributed by atoms with Crippen molar-refractivity contribution in [1.29, 1.82) is 0 Å². The largest absolute Gasteiger partial charge is 0.395 e. The minimum atomic E-state index is -0.909. The first-order chi connectivity index (χ1) is 13.5. The van der Waals surface area contributed by atoms with Crippen LogP contribution in [0, 0.1) is 0 Å². The van der Waals surface area contributed by atoms with E-state index in [1.807, 2.05) is 43.3 Å². The molecule has 0 saturated carbocycles. The lowest BCUT2D eigenvalue weighted by Gasteiger charge is -2.27. The van der Waals surface area contributed by atoms with E-state index in [1.54, 1.807) is 42.5 Å². The van der Waals surface area contributed by atoms with Gasteiger partial charge >= 0.3 is 0 Å². The van der Waals surface area contributed by atoms with Crippen molar-refractivity contribution in [2.45, 2.75) is 13.3 Å². The lowest BCUT2D eigenvalue weighted by molar-refractivity contribution is -0.219. The smallest absolute Gasteiger partial charge is 0.251 e. The molecule has 0 aromatic heterocycles. The number of benzene rings is 3. The fraction of sp³-hybridized carbons (Fsp3) is 0.136. The van der Waals surface area contributed by atoms with Gasteiger partial charge in [0.15, 0.2) is 0 Å². The summed E-state index contributed by atoms with van der Waals surface area (Å²) in [5.74, 6) is 0.0678. The van der Waals surface area contributed by atoms with Gasteiger partial charge in [0, 0.05) is 36.4 Å². The number of nitrogens with zero attached hydrogens (tertiary/aromatic N) is 1. The third-order valence-corrected chi connectivity index (χ3v) is 4.25. The second-order valence-corrected chi connectivity index (χ2v) is 6.35. The molecule has 0 heterocycles. The van der Waals surface area contributed by atoms with E-state index < -0.39 is 4.81 Å². The van der Waals surface area contributed by atoms with Gasteiger partial charge in [-0.05, 0) is 24.6 Å². The van der Waals surface area contributed by atoms with Crippen LogP contribution in [0.2, 0.25) is 0 Å². The van der Waals surface area contributed by atoms with Crippen LogP contribution >= 0.6 is 0 Å². The normalized spacial score (nSPS) is 11.1. The van der Waals surface area contributed by atoms with Crippen LogP contribution in [0.15, 0.2) is 78.9 Å². The zero-order chi connectivity index (χ0) is 20.0. The maximum Gasteiger partial charge on any atom is 0.251 e. The monoisotopic (exact) mass is 378 g/mol. The van der Waals surface area contributed by atoms with Crippen LogP contribution in [-0.4, -0.2) is 17.7 Å². The molecular formula is C22H24N3O3+. The van der Waals surface area contributed by atoms with Gasteiger partial charge in [0.05, 0.1) is 10.5 Å². The molecule has 4 N–H and O–H groups in total. The van der Waals surface area contributed by atoms with E-state index in [4.69, 9.17) is 10.6 Å². The zero-order valence-corrected chi connectivity index (χ0v) is 15.7. The fourth-order valence-corrected chi connectivity index (χ4v) is 2.77. The van der Waals surface area contributed by atoms with Crippen LogP contribution in [0.25, 0.3) is 0 Å². The van der Waals surface area contributed by atoms with E-state index in [0.717, 1.165) is 6.42 Å². The number of amides is 1. The Balaban J connectivity index is 1.95. The summed E-state index contributed by atoms with van der Waals surface area (Å²) in [6, 6.07) is 22.8. The highest BCUT2D eigenvalue weighted by molar-refractivity contribution is 5.95. The van der Waals surface area contributed by atoms with Crippen molar-refractivity contribution >= 4 is 23.0 Å². The van der Waals surface area contributed by atoms with Gasteiger partial charge in [0.1, 0.15) is 0 Å². The van der Waals surface area contributed by atoms with E-state index >= 15 is 0 Å². The van der Waals surface area contributed by atoms with Crippen molar-refractivity contribution in [1.82, 2.24) is 10.1 Å². The number of hydrogen-bond acceptors (Lipinski definition) is 4. The third-order valence-electron chi connectivity index (χ3n) is 4.25. The van der Waals surface area contributed by atoms with E-state index in [2.05, 4.69) is 5.32 Å². The van der Waals surface area contributed by atoms with Crippen LogP contribution in [0.3, 0.4) is 0 Å². The number of nitrogen functional groups attached to an aromatic ring is 1. The summed E-state index contributed by atoms with van der Waals surface area (Å²) >= 11 is 0. The number of anilines is 1. The van der Waals surface area contributed by atoms with Gasteiger partial charge < -0.3 is 11.1 Å². The highest BCUT2D eigenvalue weighted by atomic mass is 16.9. The first-order valence-electron chi connectivity index (χ1n) is 9.15. The van der Waals surface area contributed by atoms with Gasteiger partial charge in [-0.1, -0.05) is 43.3 Å². The standard InChI is InChI=1S/C22H23N3O3/c1-2-15-24-22(26)17-13-14-21(20(23)16-17)28-25(27,18-9-5-3-6-10-18)19-11-7-4-8-12-19/h3-14,16,27H,2,15,23H2,1H3/p+1. The second-order valence-electron chi connectivity index (χ2n) is 6.35. The number of rotatable bonds is 7. The van der Waals surface area contributed by atoms with Gasteiger partial charge in [0.2, 0.25) is 17.1 Å². The third kappa shape index (κ3) is 4.14. The van der Waals surface area contributed by atoms with E-state index in [9.17, 15) is 10.0 Å². The van der Waals surface area contributed by atoms with E-state index in [0.29, 0.717) is 23.5 Å². The molecule has 0 unspecified atom stereocenters. The van der Waals surface area contributed by atoms with Crippen molar-refractivity contribution in [3.05, 3.63) is 84.4 Å². The Kier molecular flexibility index (Phi) is 5.93.